The second kappa shape index (κ2) is 11.1. The van der Waals surface area contributed by atoms with Gasteiger partial charge in [-0.15, -0.1) is 0 Å². The number of benzene rings is 2. The highest BCUT2D eigenvalue weighted by molar-refractivity contribution is 6.31. The van der Waals surface area contributed by atoms with E-state index in [0.717, 1.165) is 66.5 Å². The molecule has 0 saturated carbocycles. The second-order valence-electron chi connectivity index (χ2n) is 7.79. The lowest BCUT2D eigenvalue weighted by molar-refractivity contribution is 0.111. The zero-order chi connectivity index (χ0) is 21.5. The number of aliphatic hydroxyl groups excluding tert-OH is 1. The third-order valence-electron chi connectivity index (χ3n) is 5.37. The summed E-state index contributed by atoms with van der Waals surface area (Å²) in [6.07, 6.45) is 3.93. The summed E-state index contributed by atoms with van der Waals surface area (Å²) in [7, 11) is 0. The van der Waals surface area contributed by atoms with E-state index in [1.807, 2.05) is 48.5 Å². The number of nitrogens with zero attached hydrogens (tertiary/aromatic N) is 2. The maximum Gasteiger partial charge on any atom is 0.0938 e. The lowest BCUT2D eigenvalue weighted by Crippen LogP contribution is -2.31. The van der Waals surface area contributed by atoms with Crippen molar-refractivity contribution in [3.63, 3.8) is 0 Å². The number of pyridine rings is 1. The van der Waals surface area contributed by atoms with Gasteiger partial charge in [0.25, 0.3) is 0 Å². The lowest BCUT2D eigenvalue weighted by atomic mass is 9.98. The molecule has 1 atom stereocenters. The van der Waals surface area contributed by atoms with E-state index in [2.05, 4.69) is 18.7 Å². The van der Waals surface area contributed by atoms with Gasteiger partial charge < -0.3 is 10.0 Å². The number of fused-ring (bicyclic) bond motifs is 1. The normalized spacial score (nSPS) is 12.6. The summed E-state index contributed by atoms with van der Waals surface area (Å²) in [6.45, 7) is 7.00. The first kappa shape index (κ1) is 23.0. The molecular weight excluding hydrogens is 415 g/mol. The minimum absolute atomic E-state index is 0.599. The van der Waals surface area contributed by atoms with E-state index in [4.69, 9.17) is 28.2 Å². The van der Waals surface area contributed by atoms with Crippen molar-refractivity contribution >= 4 is 34.1 Å². The number of aliphatic hydroxyl groups is 1. The first-order valence-electron chi connectivity index (χ1n) is 10.8. The highest BCUT2D eigenvalue weighted by Gasteiger charge is 2.19. The third-order valence-corrected chi connectivity index (χ3v) is 5.86. The van der Waals surface area contributed by atoms with Gasteiger partial charge in [0.2, 0.25) is 0 Å². The van der Waals surface area contributed by atoms with Crippen LogP contribution in [0.1, 0.15) is 51.2 Å². The van der Waals surface area contributed by atoms with Crippen molar-refractivity contribution in [2.45, 2.75) is 45.6 Å². The Labute approximate surface area is 189 Å². The number of hydrogen-bond donors (Lipinski definition) is 1. The van der Waals surface area contributed by atoms with Gasteiger partial charge >= 0.3 is 0 Å². The highest BCUT2D eigenvalue weighted by Crippen LogP contribution is 2.32. The van der Waals surface area contributed by atoms with Crippen LogP contribution in [0.25, 0.3) is 22.2 Å². The Morgan fingerprint density at radius 2 is 1.53 bits per heavy atom. The van der Waals surface area contributed by atoms with Crippen LogP contribution in [0.4, 0.5) is 0 Å². The molecule has 0 spiro atoms. The van der Waals surface area contributed by atoms with Crippen LogP contribution in [-0.4, -0.2) is 34.6 Å². The summed E-state index contributed by atoms with van der Waals surface area (Å²) in [4.78, 5) is 7.25. The Kier molecular flexibility index (Phi) is 8.52. The molecule has 2 aromatic carbocycles. The van der Waals surface area contributed by atoms with Crippen molar-refractivity contribution in [3.8, 4) is 11.3 Å². The summed E-state index contributed by atoms with van der Waals surface area (Å²) >= 11 is 12.3. The summed E-state index contributed by atoms with van der Waals surface area (Å²) in [6, 6.07) is 15.3. The topological polar surface area (TPSA) is 36.4 Å². The number of halogens is 2. The van der Waals surface area contributed by atoms with Crippen molar-refractivity contribution in [2.75, 3.05) is 19.6 Å². The summed E-state index contributed by atoms with van der Waals surface area (Å²) in [5.74, 6) is 0. The van der Waals surface area contributed by atoms with Crippen LogP contribution >= 0.6 is 23.2 Å². The number of aromatic nitrogens is 1. The van der Waals surface area contributed by atoms with E-state index in [-0.39, 0.29) is 0 Å². The molecule has 0 bridgehead atoms. The molecule has 0 saturated heterocycles. The number of hydrogen-bond acceptors (Lipinski definition) is 3. The zero-order valence-corrected chi connectivity index (χ0v) is 19.3. The van der Waals surface area contributed by atoms with Crippen LogP contribution in [0.2, 0.25) is 10.0 Å². The van der Waals surface area contributed by atoms with Crippen molar-refractivity contribution in [3.05, 3.63) is 64.1 Å². The molecule has 5 heteroatoms. The van der Waals surface area contributed by atoms with E-state index in [1.165, 1.54) is 0 Å². The molecule has 3 aromatic rings. The molecule has 3 rings (SSSR count). The lowest BCUT2D eigenvalue weighted by Gasteiger charge is -2.26. The molecule has 0 aliphatic rings. The Bertz CT molecular complexity index is 951. The standard InChI is InChI=1S/C25H30Cl2N2O/c1-3-5-13-29(14-6-4-2)17-24(30)22-15-19-9-12-21(27)16-23(19)28-25(22)18-7-10-20(26)11-8-18/h7-12,15-16,24,30H,3-6,13-14,17H2,1-2H3. The SMILES string of the molecule is CCCCN(CCCC)CC(O)c1cc2ccc(Cl)cc2nc1-c1ccc(Cl)cc1. The Balaban J connectivity index is 1.99. The predicted molar refractivity (Wildman–Crippen MR) is 128 cm³/mol. The van der Waals surface area contributed by atoms with Crippen LogP contribution < -0.4 is 0 Å². The smallest absolute Gasteiger partial charge is 0.0938 e. The Morgan fingerprint density at radius 1 is 0.900 bits per heavy atom. The van der Waals surface area contributed by atoms with Gasteiger partial charge in [0, 0.05) is 33.1 Å². The van der Waals surface area contributed by atoms with Crippen molar-refractivity contribution in [1.29, 1.82) is 0 Å². The number of unbranched alkanes of at least 4 members (excludes halogenated alkanes) is 2. The fourth-order valence-electron chi connectivity index (χ4n) is 3.65. The van der Waals surface area contributed by atoms with Gasteiger partial charge in [0.15, 0.2) is 0 Å². The quantitative estimate of drug-likeness (QED) is 0.360. The molecule has 1 aromatic heterocycles. The van der Waals surface area contributed by atoms with Crippen molar-refractivity contribution in [2.24, 2.45) is 0 Å². The van der Waals surface area contributed by atoms with E-state index >= 15 is 0 Å². The minimum Gasteiger partial charge on any atom is -0.387 e. The number of rotatable bonds is 10. The van der Waals surface area contributed by atoms with Crippen molar-refractivity contribution in [1.82, 2.24) is 9.88 Å². The summed E-state index contributed by atoms with van der Waals surface area (Å²) in [5.41, 5.74) is 3.37. The predicted octanol–water partition coefficient (Wildman–Crippen LogP) is 7.14. The average molecular weight is 445 g/mol. The summed E-state index contributed by atoms with van der Waals surface area (Å²) < 4.78 is 0. The molecule has 30 heavy (non-hydrogen) atoms. The van der Waals surface area contributed by atoms with Crippen LogP contribution in [0.3, 0.4) is 0 Å². The van der Waals surface area contributed by atoms with E-state index in [1.54, 1.807) is 0 Å². The average Bonchev–Trinajstić information content (AvgIpc) is 2.75. The van der Waals surface area contributed by atoms with Gasteiger partial charge in [-0.3, -0.25) is 0 Å². The van der Waals surface area contributed by atoms with Gasteiger partial charge in [-0.25, -0.2) is 4.98 Å². The van der Waals surface area contributed by atoms with Gasteiger partial charge in [-0.2, -0.15) is 0 Å². The fraction of sp³-hybridized carbons (Fsp3) is 0.400. The molecule has 3 nitrogen and oxygen atoms in total. The molecule has 0 fully saturated rings. The van der Waals surface area contributed by atoms with Gasteiger partial charge in [0.05, 0.1) is 17.3 Å². The van der Waals surface area contributed by atoms with E-state index in [9.17, 15) is 5.11 Å². The van der Waals surface area contributed by atoms with Gasteiger partial charge in [0.1, 0.15) is 0 Å². The summed E-state index contributed by atoms with van der Waals surface area (Å²) in [5, 5.41) is 13.6. The molecule has 160 valence electrons. The molecule has 1 N–H and O–H groups in total. The molecule has 0 aliphatic carbocycles. The first-order valence-corrected chi connectivity index (χ1v) is 11.5. The monoisotopic (exact) mass is 444 g/mol. The highest BCUT2D eigenvalue weighted by atomic mass is 35.5. The van der Waals surface area contributed by atoms with Gasteiger partial charge in [-0.05, 0) is 56.3 Å². The molecule has 1 unspecified atom stereocenters. The Hall–Kier alpha value is -1.65. The largest absolute Gasteiger partial charge is 0.387 e. The third kappa shape index (κ3) is 5.95. The molecule has 0 radical (unpaired) electrons. The molecular formula is C25H30Cl2N2O. The molecule has 0 amide bonds. The first-order chi connectivity index (χ1) is 14.5. The minimum atomic E-state index is -0.628. The fourth-order valence-corrected chi connectivity index (χ4v) is 3.94. The van der Waals surface area contributed by atoms with Crippen molar-refractivity contribution < 1.29 is 5.11 Å². The van der Waals surface area contributed by atoms with Crippen LogP contribution in [0.15, 0.2) is 48.5 Å². The maximum atomic E-state index is 11.3. The maximum absolute atomic E-state index is 11.3. The van der Waals surface area contributed by atoms with Crippen LogP contribution in [-0.2, 0) is 0 Å². The van der Waals surface area contributed by atoms with E-state index in [0.29, 0.717) is 16.6 Å². The second-order valence-corrected chi connectivity index (χ2v) is 8.67. The van der Waals surface area contributed by atoms with Gasteiger partial charge in [-0.1, -0.05) is 68.1 Å². The zero-order valence-electron chi connectivity index (χ0n) is 17.7. The van der Waals surface area contributed by atoms with E-state index < -0.39 is 6.10 Å². The Morgan fingerprint density at radius 3 is 2.17 bits per heavy atom. The van der Waals surface area contributed by atoms with Crippen LogP contribution in [0.5, 0.6) is 0 Å². The molecule has 1 heterocycles. The van der Waals surface area contributed by atoms with Crippen LogP contribution in [0, 0.1) is 0 Å². The molecule has 0 aliphatic heterocycles.